The molecular formula is C24H25Cl3N2O9S. The van der Waals surface area contributed by atoms with E-state index in [1.807, 2.05) is 0 Å². The van der Waals surface area contributed by atoms with E-state index in [2.05, 4.69) is 5.32 Å². The van der Waals surface area contributed by atoms with Crippen LogP contribution in [0.3, 0.4) is 0 Å². The third-order valence-electron chi connectivity index (χ3n) is 5.89. The van der Waals surface area contributed by atoms with Crippen LogP contribution in [0.1, 0.15) is 13.3 Å². The van der Waals surface area contributed by atoms with Gasteiger partial charge in [-0.05, 0) is 31.1 Å². The number of β-lactam (4-membered cyclic amide) rings is 1. The molecule has 2 unspecified atom stereocenters. The number of nitrogens with one attached hydrogen (secondary N) is 1. The summed E-state index contributed by atoms with van der Waals surface area (Å²) in [5.41, 5.74) is 0.118. The lowest BCUT2D eigenvalue weighted by Crippen LogP contribution is -2.71. The van der Waals surface area contributed by atoms with Crippen LogP contribution in [0.25, 0.3) is 0 Å². The number of nitrogens with zero attached hydrogens (tertiary/aromatic N) is 1. The summed E-state index contributed by atoms with van der Waals surface area (Å²) in [4.78, 5) is 64.6. The fraction of sp³-hybridized carbons (Fsp3) is 0.458. The minimum atomic E-state index is -2.08. The molecule has 0 spiro atoms. The van der Waals surface area contributed by atoms with Crippen LogP contribution in [0.4, 0.5) is 0 Å². The molecule has 3 rings (SSSR count). The summed E-state index contributed by atoms with van der Waals surface area (Å²) < 4.78 is 17.9. The van der Waals surface area contributed by atoms with E-state index in [4.69, 9.17) is 53.8 Å². The van der Waals surface area contributed by atoms with Gasteiger partial charge < -0.3 is 24.3 Å². The Balaban J connectivity index is 1.86. The first-order valence-electron chi connectivity index (χ1n) is 11.4. The van der Waals surface area contributed by atoms with Crippen molar-refractivity contribution >= 4 is 76.3 Å². The maximum Gasteiger partial charge on any atom is 0.357 e. The number of esters is 3. The molecule has 11 nitrogen and oxygen atoms in total. The second-order valence-electron chi connectivity index (χ2n) is 8.40. The molecule has 2 amide bonds. The number of hydrogen-bond acceptors (Lipinski definition) is 10. The lowest BCUT2D eigenvalue weighted by atomic mass is 9.95. The SMILES string of the molecule is COC(=O)C(CC1S[C@@H]2C(NC(=O)COc3ccccc3)C(=O)N2C(C(=O)OC(Cl)(Cl)CCl)=C1C)C(=O)OC. The molecule has 3 atom stereocenters. The van der Waals surface area contributed by atoms with Crippen molar-refractivity contribution in [3.05, 3.63) is 41.6 Å². The Hall–Kier alpha value is -2.67. The van der Waals surface area contributed by atoms with Crippen molar-refractivity contribution in [3.63, 3.8) is 0 Å². The predicted molar refractivity (Wildman–Crippen MR) is 142 cm³/mol. The molecule has 1 saturated heterocycles. The summed E-state index contributed by atoms with van der Waals surface area (Å²) in [5, 5.41) is 1.13. The fourth-order valence-corrected chi connectivity index (χ4v) is 5.78. The molecule has 15 heteroatoms. The van der Waals surface area contributed by atoms with Gasteiger partial charge in [-0.1, -0.05) is 41.4 Å². The molecule has 0 saturated carbocycles. The van der Waals surface area contributed by atoms with Crippen molar-refractivity contribution in [1.82, 2.24) is 10.2 Å². The van der Waals surface area contributed by atoms with E-state index in [1.165, 1.54) is 6.92 Å². The van der Waals surface area contributed by atoms with Crippen molar-refractivity contribution in [2.24, 2.45) is 5.92 Å². The van der Waals surface area contributed by atoms with E-state index >= 15 is 0 Å². The van der Waals surface area contributed by atoms with Crippen LogP contribution in [0.5, 0.6) is 5.75 Å². The van der Waals surface area contributed by atoms with Crippen molar-refractivity contribution in [1.29, 1.82) is 0 Å². The van der Waals surface area contributed by atoms with Crippen LogP contribution >= 0.6 is 46.6 Å². The second kappa shape index (κ2) is 13.1. The standard InChI is InChI=1S/C24H25Cl3N2O9S/c1-12-15(9-14(21(32)35-2)22(33)36-3)39-20-17(28-16(30)10-37-13-7-5-4-6-8-13)19(31)29(20)18(12)23(34)38-24(26,27)11-25/h4-8,14-15,17,20H,9-11H2,1-3H3,(H,28,30)/t15?,17?,20-/m1/s1. The summed E-state index contributed by atoms with van der Waals surface area (Å²) in [7, 11) is 2.25. The van der Waals surface area contributed by atoms with Gasteiger partial charge in [-0.25, -0.2) is 4.79 Å². The largest absolute Gasteiger partial charge is 0.484 e. The number of ether oxygens (including phenoxy) is 4. The molecule has 212 valence electrons. The van der Waals surface area contributed by atoms with Gasteiger partial charge in [0, 0.05) is 5.25 Å². The van der Waals surface area contributed by atoms with E-state index in [-0.39, 0.29) is 18.7 Å². The zero-order chi connectivity index (χ0) is 28.9. The molecule has 1 N–H and O–H groups in total. The van der Waals surface area contributed by atoms with Gasteiger partial charge in [-0.2, -0.15) is 0 Å². The predicted octanol–water partition coefficient (Wildman–Crippen LogP) is 2.37. The summed E-state index contributed by atoms with van der Waals surface area (Å²) >= 11 is 18.7. The number of carbonyl (C=O) groups is 5. The normalized spacial score (nSPS) is 20.5. The number of rotatable bonds is 11. The maximum absolute atomic E-state index is 13.1. The highest BCUT2D eigenvalue weighted by molar-refractivity contribution is 8.00. The first-order chi connectivity index (χ1) is 18.4. The van der Waals surface area contributed by atoms with E-state index < -0.39 is 62.7 Å². The average molecular weight is 624 g/mol. The smallest absolute Gasteiger partial charge is 0.357 e. The molecule has 0 radical (unpaired) electrons. The van der Waals surface area contributed by atoms with Crippen molar-refractivity contribution in [2.45, 2.75) is 34.5 Å². The lowest BCUT2D eigenvalue weighted by molar-refractivity contribution is -0.159. The van der Waals surface area contributed by atoms with Crippen LogP contribution < -0.4 is 10.1 Å². The number of fused-ring (bicyclic) bond motifs is 1. The summed E-state index contributed by atoms with van der Waals surface area (Å²) in [6.07, 6.45) is -0.134. The molecule has 1 fully saturated rings. The first kappa shape index (κ1) is 30.9. The molecule has 0 bridgehead atoms. The number of para-hydroxylation sites is 1. The Labute approximate surface area is 243 Å². The Kier molecular flexibility index (Phi) is 10.4. The molecule has 0 aliphatic carbocycles. The first-order valence-corrected chi connectivity index (χ1v) is 13.7. The number of alkyl halides is 3. The Morgan fingerprint density at radius 2 is 1.72 bits per heavy atom. The number of methoxy groups -OCH3 is 2. The molecular weight excluding hydrogens is 599 g/mol. The van der Waals surface area contributed by atoms with Gasteiger partial charge in [-0.15, -0.1) is 23.4 Å². The molecule has 2 aliphatic heterocycles. The highest BCUT2D eigenvalue weighted by atomic mass is 35.5. The minimum absolute atomic E-state index is 0.134. The Bertz CT molecular complexity index is 1150. The van der Waals surface area contributed by atoms with Gasteiger partial charge in [0.2, 0.25) is 0 Å². The third kappa shape index (κ3) is 7.10. The Morgan fingerprint density at radius 1 is 1.10 bits per heavy atom. The number of thioether (sulfide) groups is 1. The van der Waals surface area contributed by atoms with Gasteiger partial charge in [0.05, 0.1) is 20.1 Å². The van der Waals surface area contributed by atoms with Crippen LogP contribution in [-0.4, -0.2) is 82.5 Å². The van der Waals surface area contributed by atoms with Gasteiger partial charge >= 0.3 is 17.9 Å². The Morgan fingerprint density at radius 3 is 2.28 bits per heavy atom. The van der Waals surface area contributed by atoms with E-state index in [1.54, 1.807) is 30.3 Å². The van der Waals surface area contributed by atoms with Crippen LogP contribution in [-0.2, 0) is 38.2 Å². The lowest BCUT2D eigenvalue weighted by Gasteiger charge is -2.51. The quantitative estimate of drug-likeness (QED) is 0.129. The molecule has 1 aromatic rings. The summed E-state index contributed by atoms with van der Waals surface area (Å²) in [6, 6.07) is 7.57. The van der Waals surface area contributed by atoms with Gasteiger partial charge in [-0.3, -0.25) is 24.1 Å². The monoisotopic (exact) mass is 622 g/mol. The maximum atomic E-state index is 13.1. The van der Waals surface area contributed by atoms with Crippen LogP contribution in [0.15, 0.2) is 41.6 Å². The fourth-order valence-electron chi connectivity index (χ4n) is 3.96. The number of hydrogen-bond donors (Lipinski definition) is 1. The third-order valence-corrected chi connectivity index (χ3v) is 8.59. The van der Waals surface area contributed by atoms with E-state index in [0.29, 0.717) is 11.3 Å². The molecule has 1 aromatic carbocycles. The number of carbonyl (C=O) groups excluding carboxylic acids is 5. The summed E-state index contributed by atoms with van der Waals surface area (Å²) in [6.45, 7) is 1.18. The van der Waals surface area contributed by atoms with Crippen molar-refractivity contribution in [2.75, 3.05) is 26.7 Å². The summed E-state index contributed by atoms with van der Waals surface area (Å²) in [5.74, 6) is -5.21. The topological polar surface area (TPSA) is 138 Å². The number of halogens is 3. The second-order valence-corrected chi connectivity index (χ2v) is 11.4. The number of amides is 2. The zero-order valence-electron chi connectivity index (χ0n) is 21.0. The molecule has 39 heavy (non-hydrogen) atoms. The van der Waals surface area contributed by atoms with E-state index in [9.17, 15) is 24.0 Å². The van der Waals surface area contributed by atoms with Crippen LogP contribution in [0, 0.1) is 5.92 Å². The minimum Gasteiger partial charge on any atom is -0.484 e. The number of benzene rings is 1. The highest BCUT2D eigenvalue weighted by Gasteiger charge is 2.57. The van der Waals surface area contributed by atoms with E-state index in [0.717, 1.165) is 30.9 Å². The van der Waals surface area contributed by atoms with Crippen LogP contribution in [0.2, 0.25) is 0 Å². The highest BCUT2D eigenvalue weighted by Crippen LogP contribution is 2.47. The van der Waals surface area contributed by atoms with Gasteiger partial charge in [0.1, 0.15) is 22.9 Å². The van der Waals surface area contributed by atoms with Crippen molar-refractivity contribution < 1.29 is 42.9 Å². The molecule has 2 aliphatic rings. The van der Waals surface area contributed by atoms with Crippen molar-refractivity contribution in [3.8, 4) is 5.75 Å². The van der Waals surface area contributed by atoms with Gasteiger partial charge in [0.25, 0.3) is 16.3 Å². The van der Waals surface area contributed by atoms with Gasteiger partial charge in [0.15, 0.2) is 12.5 Å². The zero-order valence-corrected chi connectivity index (χ0v) is 24.1. The molecule has 0 aromatic heterocycles. The molecule has 2 heterocycles. The average Bonchev–Trinajstić information content (AvgIpc) is 2.93.